The van der Waals surface area contributed by atoms with E-state index in [1.165, 1.54) is 11.1 Å². The zero-order chi connectivity index (χ0) is 10.5. The van der Waals surface area contributed by atoms with Crippen LogP contribution in [-0.2, 0) is 15.9 Å². The fourth-order valence-electron chi connectivity index (χ4n) is 1.49. The molecule has 0 aliphatic heterocycles. The average molecular weight is 230 g/mol. The Morgan fingerprint density at radius 3 is 1.47 bits per heavy atom. The maximum absolute atomic E-state index is 3.13. The predicted molar refractivity (Wildman–Crippen MR) is 60.4 cm³/mol. The van der Waals surface area contributed by atoms with Crippen LogP contribution in [0.25, 0.3) is 5.57 Å². The van der Waals surface area contributed by atoms with Gasteiger partial charge in [0.1, 0.15) is 0 Å². The van der Waals surface area contributed by atoms with Crippen molar-refractivity contribution >= 4 is 10.1 Å². The van der Waals surface area contributed by atoms with Gasteiger partial charge in [-0.05, 0) is 0 Å². The van der Waals surface area contributed by atoms with Crippen LogP contribution in [-0.4, -0.2) is 4.54 Å². The Morgan fingerprint density at radius 1 is 0.733 bits per heavy atom. The van der Waals surface area contributed by atoms with Crippen LogP contribution in [0.1, 0.15) is 11.1 Å². The van der Waals surface area contributed by atoms with E-state index in [1.807, 2.05) is 36.4 Å². The molecule has 1 heteroatoms. The van der Waals surface area contributed by atoms with E-state index in [0.717, 1.165) is 5.57 Å². The monoisotopic (exact) mass is 230 g/mol. The van der Waals surface area contributed by atoms with Gasteiger partial charge < -0.3 is 0 Å². The van der Waals surface area contributed by atoms with Gasteiger partial charge in [0.15, 0.2) is 0 Å². The van der Waals surface area contributed by atoms with Crippen molar-refractivity contribution in [2.24, 2.45) is 0 Å². The Balaban J connectivity index is 2.48. The van der Waals surface area contributed by atoms with Crippen LogP contribution in [0.5, 0.6) is 0 Å². The van der Waals surface area contributed by atoms with Crippen LogP contribution in [0, 0.1) is 0 Å². The molecule has 72 valence electrons. The summed E-state index contributed by atoms with van der Waals surface area (Å²) in [5.41, 5.74) is 3.47. The first kappa shape index (κ1) is 10.2. The molecule has 0 saturated carbocycles. The van der Waals surface area contributed by atoms with E-state index in [4.69, 9.17) is 0 Å². The second kappa shape index (κ2) is 4.92. The fourth-order valence-corrected chi connectivity index (χ4v) is 1.86. The Labute approximate surface area is 97.9 Å². The summed E-state index contributed by atoms with van der Waals surface area (Å²) in [6.45, 7) is 0. The molecule has 0 fully saturated rings. The van der Waals surface area contributed by atoms with Crippen molar-refractivity contribution in [3.63, 3.8) is 0 Å². The molecule has 0 heterocycles. The number of rotatable bonds is 2. The molecule has 0 N–H and O–H groups in total. The molecule has 0 aromatic heterocycles. The molecule has 2 rings (SSSR count). The summed E-state index contributed by atoms with van der Waals surface area (Å²) in [7, 11) is 0. The molecule has 0 nitrogen and oxygen atoms in total. The zero-order valence-corrected chi connectivity index (χ0v) is 9.46. The van der Waals surface area contributed by atoms with Crippen LogP contribution < -0.4 is 0 Å². The van der Waals surface area contributed by atoms with Crippen molar-refractivity contribution in [3.8, 4) is 0 Å². The number of hydrogen-bond donors (Lipinski definition) is 0. The first-order valence-electron chi connectivity index (χ1n) is 4.78. The van der Waals surface area contributed by atoms with Crippen molar-refractivity contribution < 1.29 is 15.9 Å². The van der Waals surface area contributed by atoms with E-state index in [-0.39, 0.29) is 0 Å². The van der Waals surface area contributed by atoms with Crippen molar-refractivity contribution in [1.29, 1.82) is 0 Å². The third kappa shape index (κ3) is 2.35. The van der Waals surface area contributed by atoms with Gasteiger partial charge in [0.25, 0.3) is 0 Å². The summed E-state index contributed by atoms with van der Waals surface area (Å²) in [5.74, 6) is 0. The summed E-state index contributed by atoms with van der Waals surface area (Å²) < 4.78 is 3.13. The normalized spacial score (nSPS) is 9.33. The molecular weight excluding hydrogens is 220 g/mol. The summed E-state index contributed by atoms with van der Waals surface area (Å²) in [6.07, 6.45) is 0. The number of benzene rings is 2. The minimum absolute atomic E-state index is 1.11. The van der Waals surface area contributed by atoms with Gasteiger partial charge in [-0.25, -0.2) is 0 Å². The summed E-state index contributed by atoms with van der Waals surface area (Å²) in [6, 6.07) is 20.5. The molecule has 0 radical (unpaired) electrons. The standard InChI is InChI=1S/C14H10.Cr/c1-12(13-8-4-2-5-9-13)14-10-6-3-7-11-14;/h2-11H;. The van der Waals surface area contributed by atoms with E-state index < -0.39 is 0 Å². The molecule has 0 saturated heterocycles. The second-order valence-electron chi connectivity index (χ2n) is 3.21. The van der Waals surface area contributed by atoms with Crippen LogP contribution >= 0.6 is 0 Å². The van der Waals surface area contributed by atoms with E-state index >= 15 is 0 Å². The zero-order valence-electron chi connectivity index (χ0n) is 8.18. The third-order valence-electron chi connectivity index (χ3n) is 2.23. The van der Waals surface area contributed by atoms with Crippen molar-refractivity contribution in [1.82, 2.24) is 0 Å². The molecule has 0 spiro atoms. The average Bonchev–Trinajstić information content (AvgIpc) is 2.33. The van der Waals surface area contributed by atoms with Gasteiger partial charge in [0.2, 0.25) is 0 Å². The van der Waals surface area contributed by atoms with Crippen molar-refractivity contribution in [3.05, 3.63) is 71.8 Å². The van der Waals surface area contributed by atoms with Crippen LogP contribution in [0.3, 0.4) is 0 Å². The maximum atomic E-state index is 3.13. The first-order valence-corrected chi connectivity index (χ1v) is 5.41. The van der Waals surface area contributed by atoms with Crippen LogP contribution in [0.4, 0.5) is 0 Å². The Morgan fingerprint density at radius 2 is 1.13 bits per heavy atom. The molecule has 2 aromatic rings. The quantitative estimate of drug-likeness (QED) is 0.743. The predicted octanol–water partition coefficient (Wildman–Crippen LogP) is 3.07. The van der Waals surface area contributed by atoms with Gasteiger partial charge >= 0.3 is 97.8 Å². The molecule has 2 aromatic carbocycles. The molecule has 0 amide bonds. The van der Waals surface area contributed by atoms with E-state index in [9.17, 15) is 0 Å². The Bertz CT molecular complexity index is 438. The van der Waals surface area contributed by atoms with Crippen molar-refractivity contribution in [2.75, 3.05) is 0 Å². The molecule has 0 aliphatic carbocycles. The molecule has 0 unspecified atom stereocenters. The molecule has 0 atom stereocenters. The Hall–Kier alpha value is -1.38. The van der Waals surface area contributed by atoms with E-state index in [0.29, 0.717) is 0 Å². The van der Waals surface area contributed by atoms with Gasteiger partial charge in [-0.15, -0.1) is 0 Å². The summed E-state index contributed by atoms with van der Waals surface area (Å²) >= 11 is 2.85. The second-order valence-corrected chi connectivity index (χ2v) is 3.53. The molecular formula is C14H10Cr. The summed E-state index contributed by atoms with van der Waals surface area (Å²) in [4.78, 5) is 0. The van der Waals surface area contributed by atoms with Crippen LogP contribution in [0.2, 0.25) is 0 Å². The van der Waals surface area contributed by atoms with Gasteiger partial charge in [0, 0.05) is 0 Å². The van der Waals surface area contributed by atoms with Gasteiger partial charge in [0.05, 0.1) is 0 Å². The van der Waals surface area contributed by atoms with Crippen molar-refractivity contribution in [2.45, 2.75) is 0 Å². The molecule has 15 heavy (non-hydrogen) atoms. The third-order valence-corrected chi connectivity index (χ3v) is 2.55. The SMILES string of the molecule is [Cr]=[C]=C(c1ccccc1)c1ccccc1. The van der Waals surface area contributed by atoms with Gasteiger partial charge in [-0.2, -0.15) is 0 Å². The Kier molecular flexibility index (Phi) is 3.33. The van der Waals surface area contributed by atoms with E-state index in [1.54, 1.807) is 0 Å². The minimum atomic E-state index is 1.11. The fraction of sp³-hybridized carbons (Fsp3) is 0. The van der Waals surface area contributed by atoms with Crippen LogP contribution in [0.15, 0.2) is 60.7 Å². The topological polar surface area (TPSA) is 0 Å². The molecule has 0 bridgehead atoms. The van der Waals surface area contributed by atoms with Gasteiger partial charge in [-0.1, -0.05) is 0 Å². The van der Waals surface area contributed by atoms with Gasteiger partial charge in [-0.3, -0.25) is 0 Å². The number of hydrogen-bond acceptors (Lipinski definition) is 0. The summed E-state index contributed by atoms with van der Waals surface area (Å²) in [5, 5.41) is 0. The first-order chi connectivity index (χ1) is 7.42. The molecule has 0 aliphatic rings. The van der Waals surface area contributed by atoms with E-state index in [2.05, 4.69) is 44.7 Å².